The van der Waals surface area contributed by atoms with Gasteiger partial charge in [-0.15, -0.1) is 0 Å². The smallest absolute Gasteiger partial charge is 0.138 e. The molecule has 0 saturated carbocycles. The molecule has 100 valence electrons. The van der Waals surface area contributed by atoms with Crippen molar-refractivity contribution >= 4 is 5.78 Å². The Bertz CT molecular complexity index is 213. The van der Waals surface area contributed by atoms with Crippen molar-refractivity contribution in [2.75, 3.05) is 6.61 Å². The van der Waals surface area contributed by atoms with E-state index in [2.05, 4.69) is 13.8 Å². The lowest BCUT2D eigenvalue weighted by molar-refractivity contribution is -0.122. The molecule has 2 unspecified atom stereocenters. The second-order valence-corrected chi connectivity index (χ2v) is 5.41. The number of carbonyl (C=O) groups excluding carboxylic acids is 1. The third-order valence-corrected chi connectivity index (χ3v) is 3.68. The molecule has 1 heterocycles. The zero-order valence-corrected chi connectivity index (χ0v) is 11.5. The highest BCUT2D eigenvalue weighted by Crippen LogP contribution is 2.22. The lowest BCUT2D eigenvalue weighted by Gasteiger charge is -2.06. The van der Waals surface area contributed by atoms with Gasteiger partial charge in [-0.1, -0.05) is 45.4 Å². The van der Waals surface area contributed by atoms with Gasteiger partial charge in [-0.05, 0) is 19.8 Å². The summed E-state index contributed by atoms with van der Waals surface area (Å²) < 4.78 is 5.44. The molecule has 1 saturated heterocycles. The Hall–Kier alpha value is -0.370. The topological polar surface area (TPSA) is 26.3 Å². The standard InChI is InChI=1S/C15H28O2/c1-3-4-5-6-7-8-9-10-15(16)14-11-13(2)17-12-14/h13-14H,3-12H2,1-2H3. The molecule has 17 heavy (non-hydrogen) atoms. The number of hydrogen-bond acceptors (Lipinski definition) is 2. The van der Waals surface area contributed by atoms with Gasteiger partial charge in [-0.2, -0.15) is 0 Å². The van der Waals surface area contributed by atoms with Crippen LogP contribution in [0.25, 0.3) is 0 Å². The lowest BCUT2D eigenvalue weighted by atomic mass is 9.96. The van der Waals surface area contributed by atoms with Crippen molar-refractivity contribution in [2.24, 2.45) is 5.92 Å². The SMILES string of the molecule is CCCCCCCCCC(=O)C1COC(C)C1. The average Bonchev–Trinajstić information content (AvgIpc) is 2.74. The number of ether oxygens (including phenoxy) is 1. The van der Waals surface area contributed by atoms with E-state index < -0.39 is 0 Å². The second-order valence-electron chi connectivity index (χ2n) is 5.41. The van der Waals surface area contributed by atoms with Gasteiger partial charge >= 0.3 is 0 Å². The summed E-state index contributed by atoms with van der Waals surface area (Å²) in [5.74, 6) is 0.632. The third-order valence-electron chi connectivity index (χ3n) is 3.68. The predicted octanol–water partition coefficient (Wildman–Crippen LogP) is 4.12. The Labute approximate surface area is 106 Å². The van der Waals surface area contributed by atoms with Crippen LogP contribution in [0.1, 0.15) is 71.6 Å². The maximum absolute atomic E-state index is 11.8. The molecule has 2 heteroatoms. The summed E-state index contributed by atoms with van der Waals surface area (Å²) in [6.07, 6.45) is 11.0. The number of unbranched alkanes of at least 4 members (excludes halogenated alkanes) is 6. The highest BCUT2D eigenvalue weighted by molar-refractivity contribution is 5.81. The van der Waals surface area contributed by atoms with E-state index >= 15 is 0 Å². The fourth-order valence-corrected chi connectivity index (χ4v) is 2.50. The van der Waals surface area contributed by atoms with Gasteiger partial charge in [0.25, 0.3) is 0 Å². The maximum Gasteiger partial charge on any atom is 0.138 e. The van der Waals surface area contributed by atoms with E-state index in [1.807, 2.05) is 0 Å². The van der Waals surface area contributed by atoms with Crippen molar-refractivity contribution in [3.05, 3.63) is 0 Å². The number of Topliss-reactive ketones (excluding diaryl/α,β-unsaturated/α-hetero) is 1. The summed E-state index contributed by atoms with van der Waals surface area (Å²) in [6.45, 7) is 4.96. The molecule has 0 aromatic rings. The Morgan fingerprint density at radius 3 is 2.35 bits per heavy atom. The van der Waals surface area contributed by atoms with Crippen LogP contribution in [0.2, 0.25) is 0 Å². The van der Waals surface area contributed by atoms with Crippen LogP contribution >= 0.6 is 0 Å². The van der Waals surface area contributed by atoms with Gasteiger partial charge in [0.05, 0.1) is 12.7 Å². The molecule has 1 fully saturated rings. The van der Waals surface area contributed by atoms with E-state index in [-0.39, 0.29) is 12.0 Å². The van der Waals surface area contributed by atoms with Crippen molar-refractivity contribution in [3.63, 3.8) is 0 Å². The van der Waals surface area contributed by atoms with Crippen LogP contribution in [0.15, 0.2) is 0 Å². The van der Waals surface area contributed by atoms with Crippen LogP contribution in [-0.4, -0.2) is 18.5 Å². The number of hydrogen-bond donors (Lipinski definition) is 0. The summed E-state index contributed by atoms with van der Waals surface area (Å²) >= 11 is 0. The fraction of sp³-hybridized carbons (Fsp3) is 0.933. The van der Waals surface area contributed by atoms with E-state index in [9.17, 15) is 4.79 Å². The normalized spacial score (nSPS) is 24.1. The van der Waals surface area contributed by atoms with Crippen LogP contribution in [0.5, 0.6) is 0 Å². The van der Waals surface area contributed by atoms with Crippen LogP contribution < -0.4 is 0 Å². The van der Waals surface area contributed by atoms with Gasteiger partial charge in [-0.3, -0.25) is 4.79 Å². The lowest BCUT2D eigenvalue weighted by Crippen LogP contribution is -2.14. The number of carbonyl (C=O) groups is 1. The molecule has 0 amide bonds. The molecule has 0 aromatic heterocycles. The average molecular weight is 240 g/mol. The van der Waals surface area contributed by atoms with E-state index in [1.165, 1.54) is 38.5 Å². The van der Waals surface area contributed by atoms with Gasteiger partial charge in [0.2, 0.25) is 0 Å². The summed E-state index contributed by atoms with van der Waals surface area (Å²) in [7, 11) is 0. The van der Waals surface area contributed by atoms with E-state index in [1.54, 1.807) is 0 Å². The molecule has 0 radical (unpaired) electrons. The molecule has 0 spiro atoms. The fourth-order valence-electron chi connectivity index (χ4n) is 2.50. The van der Waals surface area contributed by atoms with E-state index in [4.69, 9.17) is 4.74 Å². The van der Waals surface area contributed by atoms with Crippen molar-refractivity contribution in [2.45, 2.75) is 77.7 Å². The first-order valence-corrected chi connectivity index (χ1v) is 7.38. The minimum Gasteiger partial charge on any atom is -0.378 e. The molecule has 0 bridgehead atoms. The molecule has 1 rings (SSSR count). The monoisotopic (exact) mass is 240 g/mol. The molecule has 0 N–H and O–H groups in total. The molecule has 0 aliphatic carbocycles. The quantitative estimate of drug-likeness (QED) is 0.567. The van der Waals surface area contributed by atoms with Gasteiger partial charge in [0, 0.05) is 12.3 Å². The van der Waals surface area contributed by atoms with Crippen LogP contribution in [0.3, 0.4) is 0 Å². The Kier molecular flexibility index (Phi) is 7.50. The van der Waals surface area contributed by atoms with Crippen molar-refractivity contribution in [3.8, 4) is 0 Å². The summed E-state index contributed by atoms with van der Waals surface area (Å²) in [4.78, 5) is 11.8. The third kappa shape index (κ3) is 6.21. The van der Waals surface area contributed by atoms with Gasteiger partial charge < -0.3 is 4.74 Å². The highest BCUT2D eigenvalue weighted by atomic mass is 16.5. The van der Waals surface area contributed by atoms with Crippen LogP contribution in [0.4, 0.5) is 0 Å². The van der Waals surface area contributed by atoms with E-state index in [0.29, 0.717) is 12.4 Å². The zero-order valence-electron chi connectivity index (χ0n) is 11.5. The van der Waals surface area contributed by atoms with Crippen LogP contribution in [-0.2, 0) is 9.53 Å². The molecule has 0 aromatic carbocycles. The first-order valence-electron chi connectivity index (χ1n) is 7.38. The van der Waals surface area contributed by atoms with Crippen LogP contribution in [0, 0.1) is 5.92 Å². The molecule has 1 aliphatic rings. The summed E-state index contributed by atoms with van der Waals surface area (Å²) in [5, 5.41) is 0. The number of rotatable bonds is 9. The molecule has 2 nitrogen and oxygen atoms in total. The minimum absolute atomic E-state index is 0.199. The first kappa shape index (κ1) is 14.7. The molecule has 1 aliphatic heterocycles. The number of ketones is 1. The maximum atomic E-state index is 11.8. The van der Waals surface area contributed by atoms with E-state index in [0.717, 1.165) is 19.3 Å². The second kappa shape index (κ2) is 8.68. The Balaban J connectivity index is 1.93. The Morgan fingerprint density at radius 1 is 1.12 bits per heavy atom. The highest BCUT2D eigenvalue weighted by Gasteiger charge is 2.27. The molecular weight excluding hydrogens is 212 g/mol. The van der Waals surface area contributed by atoms with Gasteiger partial charge in [0.1, 0.15) is 5.78 Å². The first-order chi connectivity index (χ1) is 8.24. The minimum atomic E-state index is 0.199. The van der Waals surface area contributed by atoms with Crippen molar-refractivity contribution in [1.29, 1.82) is 0 Å². The molecular formula is C15H28O2. The summed E-state index contributed by atoms with van der Waals surface area (Å²) in [6, 6.07) is 0. The Morgan fingerprint density at radius 2 is 1.76 bits per heavy atom. The largest absolute Gasteiger partial charge is 0.378 e. The van der Waals surface area contributed by atoms with Crippen molar-refractivity contribution < 1.29 is 9.53 Å². The van der Waals surface area contributed by atoms with Crippen molar-refractivity contribution in [1.82, 2.24) is 0 Å². The molecule has 2 atom stereocenters. The van der Waals surface area contributed by atoms with Gasteiger partial charge in [0.15, 0.2) is 0 Å². The predicted molar refractivity (Wildman–Crippen MR) is 71.1 cm³/mol. The van der Waals surface area contributed by atoms with Gasteiger partial charge in [-0.25, -0.2) is 0 Å². The summed E-state index contributed by atoms with van der Waals surface area (Å²) in [5.41, 5.74) is 0. The zero-order chi connectivity index (χ0) is 12.5.